The van der Waals surface area contributed by atoms with Gasteiger partial charge in [-0.15, -0.1) is 0 Å². The number of hydrogen-bond donors (Lipinski definition) is 6. The Morgan fingerprint density at radius 2 is 1.04 bits per heavy atom. The molecule has 1 rings (SSSR count). The number of carbonyl (C=O) groups is 1. The standard InChI is InChI=1S/C44H75O12P/c1-3-5-7-9-11-13-14-15-16-17-18-19-20-21-22-23-24-25-27-29-31-33-38(45)55-37(35-53-34-32-30-28-26-12-10-8-6-4-2)36-54-57(51,52)56-44-42(49)40(47)39(46)41(48)43(44)50/h5,7,11,13,15-16,18-19,21-22,24-25,37,39-44,46-50H,3-4,6,8-10,12,14,17,20,23,26-36H2,1-2H3,(H,51,52)/b7-5-,13-11-,16-15-,19-18-,22-21-,25-24-. The molecule has 13 heteroatoms. The number of rotatable bonds is 34. The Morgan fingerprint density at radius 3 is 1.54 bits per heavy atom. The van der Waals surface area contributed by atoms with E-state index in [4.69, 9.17) is 18.5 Å². The minimum absolute atomic E-state index is 0.0976. The molecular formula is C44H75O12P. The summed E-state index contributed by atoms with van der Waals surface area (Å²) in [4.78, 5) is 23.0. The molecule has 0 amide bonds. The summed E-state index contributed by atoms with van der Waals surface area (Å²) < 4.78 is 34.0. The Morgan fingerprint density at radius 1 is 0.579 bits per heavy atom. The van der Waals surface area contributed by atoms with Crippen LogP contribution in [-0.2, 0) is 27.9 Å². The highest BCUT2D eigenvalue weighted by Gasteiger charge is 2.51. The number of allylic oxidation sites excluding steroid dienone is 12. The first-order valence-electron chi connectivity index (χ1n) is 21.3. The lowest BCUT2D eigenvalue weighted by atomic mass is 9.85. The van der Waals surface area contributed by atoms with Gasteiger partial charge < -0.3 is 39.9 Å². The highest BCUT2D eigenvalue weighted by atomic mass is 31.2. The highest BCUT2D eigenvalue weighted by molar-refractivity contribution is 7.47. The Balaban J connectivity index is 2.44. The zero-order valence-corrected chi connectivity index (χ0v) is 35.5. The maximum Gasteiger partial charge on any atom is 0.472 e. The molecule has 6 unspecified atom stereocenters. The van der Waals surface area contributed by atoms with Crippen LogP contribution in [0.4, 0.5) is 0 Å². The van der Waals surface area contributed by atoms with Crippen molar-refractivity contribution >= 4 is 13.8 Å². The number of phosphoric ester groups is 1. The summed E-state index contributed by atoms with van der Waals surface area (Å²) in [6.07, 6.45) is 31.3. The quantitative estimate of drug-likeness (QED) is 0.0159. The van der Waals surface area contributed by atoms with Crippen LogP contribution >= 0.6 is 7.82 Å². The monoisotopic (exact) mass is 826 g/mol. The molecule has 57 heavy (non-hydrogen) atoms. The predicted molar refractivity (Wildman–Crippen MR) is 225 cm³/mol. The van der Waals surface area contributed by atoms with E-state index in [-0.39, 0.29) is 13.0 Å². The third-order valence-corrected chi connectivity index (χ3v) is 10.3. The topological polar surface area (TPSA) is 192 Å². The molecule has 0 bridgehead atoms. The molecule has 328 valence electrons. The summed E-state index contributed by atoms with van der Waals surface area (Å²) in [5.74, 6) is -0.523. The maximum absolute atomic E-state index is 12.8. The minimum atomic E-state index is -5.03. The summed E-state index contributed by atoms with van der Waals surface area (Å²) in [6, 6.07) is 0. The van der Waals surface area contributed by atoms with E-state index in [1.165, 1.54) is 38.5 Å². The van der Waals surface area contributed by atoms with Gasteiger partial charge in [-0.3, -0.25) is 13.8 Å². The average molecular weight is 827 g/mol. The molecule has 0 radical (unpaired) electrons. The van der Waals surface area contributed by atoms with Crippen molar-refractivity contribution in [2.45, 2.75) is 179 Å². The van der Waals surface area contributed by atoms with E-state index >= 15 is 0 Å². The molecule has 0 aliphatic heterocycles. The van der Waals surface area contributed by atoms with Crippen LogP contribution in [0.3, 0.4) is 0 Å². The SMILES string of the molecule is CC/C=C\C/C=C\C/C=C\C/C=C\C/C=C\C/C=C\CCCCC(=O)OC(COCCCCCCCCCCC)COP(=O)(O)OC1C(O)C(O)C(O)C(O)C1O. The van der Waals surface area contributed by atoms with Gasteiger partial charge >= 0.3 is 13.8 Å². The zero-order valence-electron chi connectivity index (χ0n) is 34.6. The fourth-order valence-corrected chi connectivity index (χ4v) is 6.92. The van der Waals surface area contributed by atoms with Crippen LogP contribution in [0.2, 0.25) is 0 Å². The van der Waals surface area contributed by atoms with Gasteiger partial charge in [0.15, 0.2) is 0 Å². The lowest BCUT2D eigenvalue weighted by molar-refractivity contribution is -0.220. The van der Waals surface area contributed by atoms with Gasteiger partial charge in [0.2, 0.25) is 0 Å². The Labute approximate surface area is 342 Å². The van der Waals surface area contributed by atoms with Gasteiger partial charge in [-0.1, -0.05) is 138 Å². The van der Waals surface area contributed by atoms with Crippen LogP contribution in [0.25, 0.3) is 0 Å². The minimum Gasteiger partial charge on any atom is -0.457 e. The van der Waals surface area contributed by atoms with Crippen LogP contribution < -0.4 is 0 Å². The van der Waals surface area contributed by atoms with E-state index in [0.29, 0.717) is 13.0 Å². The van der Waals surface area contributed by atoms with Crippen LogP contribution in [0.1, 0.15) is 136 Å². The number of ether oxygens (including phenoxy) is 2. The van der Waals surface area contributed by atoms with Gasteiger partial charge in [0.05, 0.1) is 13.2 Å². The first kappa shape index (κ1) is 52.8. The highest BCUT2D eigenvalue weighted by Crippen LogP contribution is 2.47. The maximum atomic E-state index is 12.8. The first-order chi connectivity index (χ1) is 27.5. The largest absolute Gasteiger partial charge is 0.472 e. The van der Waals surface area contributed by atoms with Crippen molar-refractivity contribution in [3.8, 4) is 0 Å². The number of hydrogen-bond acceptors (Lipinski definition) is 11. The molecule has 0 spiro atoms. The van der Waals surface area contributed by atoms with Gasteiger partial charge in [0.1, 0.15) is 42.7 Å². The van der Waals surface area contributed by atoms with Crippen LogP contribution in [0.15, 0.2) is 72.9 Å². The number of esters is 1. The molecule has 0 saturated heterocycles. The van der Waals surface area contributed by atoms with E-state index in [1.54, 1.807) is 0 Å². The smallest absolute Gasteiger partial charge is 0.457 e. The molecule has 6 N–H and O–H groups in total. The lowest BCUT2D eigenvalue weighted by Crippen LogP contribution is -2.64. The Hall–Kier alpha value is -2.22. The first-order valence-corrected chi connectivity index (χ1v) is 22.8. The summed E-state index contributed by atoms with van der Waals surface area (Å²) in [5.41, 5.74) is 0. The number of aliphatic hydroxyl groups excluding tert-OH is 5. The molecule has 6 atom stereocenters. The summed E-state index contributed by atoms with van der Waals surface area (Å²) in [6.45, 7) is 4.04. The predicted octanol–water partition coefficient (Wildman–Crippen LogP) is 8.02. The normalized spacial score (nSPS) is 23.6. The van der Waals surface area contributed by atoms with E-state index < -0.39 is 63.1 Å². The second-order valence-electron chi connectivity index (χ2n) is 14.5. The number of carbonyl (C=O) groups excluding carboxylic acids is 1. The van der Waals surface area contributed by atoms with E-state index in [1.807, 2.05) is 0 Å². The van der Waals surface area contributed by atoms with Gasteiger partial charge in [0, 0.05) is 13.0 Å². The second kappa shape index (κ2) is 34.6. The Kier molecular flexibility index (Phi) is 32.1. The second-order valence-corrected chi connectivity index (χ2v) is 15.9. The van der Waals surface area contributed by atoms with Crippen LogP contribution in [-0.4, -0.2) is 98.9 Å². The third-order valence-electron chi connectivity index (χ3n) is 9.34. The summed E-state index contributed by atoms with van der Waals surface area (Å²) in [7, 11) is -5.03. The Bertz CT molecular complexity index is 1220. The van der Waals surface area contributed by atoms with Crippen molar-refractivity contribution < 1.29 is 58.3 Å². The van der Waals surface area contributed by atoms with Crippen LogP contribution in [0.5, 0.6) is 0 Å². The molecule has 1 aliphatic carbocycles. The third kappa shape index (κ3) is 27.2. The molecule has 1 aliphatic rings. The van der Waals surface area contributed by atoms with Gasteiger partial charge in [-0.2, -0.15) is 0 Å². The molecule has 12 nitrogen and oxygen atoms in total. The van der Waals surface area contributed by atoms with Crippen LogP contribution in [0, 0.1) is 0 Å². The fourth-order valence-electron chi connectivity index (χ4n) is 5.94. The lowest BCUT2D eigenvalue weighted by Gasteiger charge is -2.41. The molecule has 1 fully saturated rings. The van der Waals surface area contributed by atoms with Crippen molar-refractivity contribution in [2.24, 2.45) is 0 Å². The molecule has 0 heterocycles. The van der Waals surface area contributed by atoms with Gasteiger partial charge in [-0.25, -0.2) is 4.57 Å². The van der Waals surface area contributed by atoms with E-state index in [0.717, 1.165) is 70.6 Å². The fraction of sp³-hybridized carbons (Fsp3) is 0.705. The molecule has 0 aromatic heterocycles. The molecule has 1 saturated carbocycles. The van der Waals surface area contributed by atoms with E-state index in [9.17, 15) is 39.8 Å². The van der Waals surface area contributed by atoms with Crippen molar-refractivity contribution in [1.29, 1.82) is 0 Å². The van der Waals surface area contributed by atoms with Crippen molar-refractivity contribution in [3.05, 3.63) is 72.9 Å². The van der Waals surface area contributed by atoms with E-state index in [2.05, 4.69) is 86.8 Å². The molecule has 0 aromatic rings. The summed E-state index contributed by atoms with van der Waals surface area (Å²) >= 11 is 0. The van der Waals surface area contributed by atoms with Gasteiger partial charge in [-0.05, 0) is 64.2 Å². The molecular weight excluding hydrogens is 751 g/mol. The van der Waals surface area contributed by atoms with Crippen molar-refractivity contribution in [3.63, 3.8) is 0 Å². The van der Waals surface area contributed by atoms with Crippen molar-refractivity contribution in [2.75, 3.05) is 19.8 Å². The van der Waals surface area contributed by atoms with Crippen molar-refractivity contribution in [1.82, 2.24) is 0 Å². The molecule has 0 aromatic carbocycles. The average Bonchev–Trinajstić information content (AvgIpc) is 3.19. The summed E-state index contributed by atoms with van der Waals surface area (Å²) in [5, 5.41) is 50.0. The zero-order chi connectivity index (χ0) is 42.0. The van der Waals surface area contributed by atoms with Gasteiger partial charge in [0.25, 0.3) is 0 Å². The number of phosphoric acid groups is 1. The number of aliphatic hydroxyl groups is 5. The number of unbranched alkanes of at least 4 members (excludes halogenated alkanes) is 10.